The third-order valence-electron chi connectivity index (χ3n) is 12.9. The molecule has 11 heteroatoms. The van der Waals surface area contributed by atoms with Crippen LogP contribution < -0.4 is 10.7 Å². The number of thiophene rings is 2. The maximum Gasteiger partial charge on any atom is 0.336 e. The third-order valence-corrected chi connectivity index (χ3v) is 15.1. The molecule has 5 aromatic carbocycles. The molecule has 3 aromatic heterocycles. The molecule has 11 rings (SSSR count). The van der Waals surface area contributed by atoms with Crippen LogP contribution >= 0.6 is 22.7 Å². The molecule has 0 atom stereocenters. The van der Waals surface area contributed by atoms with Crippen LogP contribution in [0.5, 0.6) is 5.75 Å². The van der Waals surface area contributed by atoms with Gasteiger partial charge in [0.05, 0.1) is 11.3 Å². The van der Waals surface area contributed by atoms with Crippen LogP contribution in [0.1, 0.15) is 64.0 Å². The maximum atomic E-state index is 13.7. The first-order chi connectivity index (χ1) is 33.5. The number of phenols is 1. The zero-order valence-corrected chi connectivity index (χ0v) is 39.2. The molecule has 0 saturated heterocycles. The Hall–Kier alpha value is -8.25. The van der Waals surface area contributed by atoms with E-state index >= 15 is 0 Å². The van der Waals surface area contributed by atoms with Crippen molar-refractivity contribution >= 4 is 56.7 Å². The lowest BCUT2D eigenvalue weighted by atomic mass is 9.90. The average molecular weight is 940 g/mol. The Bertz CT molecular complexity index is 3760. The fraction of sp³-hybridized carbons (Fsp3) is 0.0862. The standard InChI is InChI=1S/C58H41N3O6S2/c1-31-44-27-47(45-28-51(68-32(45)2)35-10-6-4-7-11-35)54(46-29-52(69-33(46)3)36-12-8-5-9-13-36)55(44)56(61-60-31)37-16-14-34(15-17-37)30-59-57(64)38-18-21-41(48(24-38)58(65)66)53-42-22-19-39(62)25-49(42)67-50-26-40(63)20-23-43(50)53/h4-26,28-29,62H,27,30H2,1-3H3,(H,59,64)(H,65,66). The number of carboxylic acid groups (broad SMARTS) is 1. The van der Waals surface area contributed by atoms with E-state index in [2.05, 4.69) is 79.8 Å². The minimum Gasteiger partial charge on any atom is -0.508 e. The number of aromatic nitrogens is 2. The molecule has 1 amide bonds. The number of benzene rings is 6. The Morgan fingerprint density at radius 2 is 1.33 bits per heavy atom. The highest BCUT2D eigenvalue weighted by Gasteiger charge is 2.33. The molecular formula is C58H41N3O6S2. The molecular weight excluding hydrogens is 899 g/mol. The van der Waals surface area contributed by atoms with Crippen molar-refractivity contribution < 1.29 is 24.2 Å². The summed E-state index contributed by atoms with van der Waals surface area (Å²) >= 11 is 3.61. The summed E-state index contributed by atoms with van der Waals surface area (Å²) in [6.07, 6.45) is 0.719. The number of allylic oxidation sites excluding steroid dienone is 1. The molecule has 9 nitrogen and oxygen atoms in total. The van der Waals surface area contributed by atoms with Gasteiger partial charge < -0.3 is 19.9 Å². The summed E-state index contributed by atoms with van der Waals surface area (Å²) in [6.45, 7) is 6.64. The summed E-state index contributed by atoms with van der Waals surface area (Å²) < 4.78 is 5.96. The Labute approximate surface area is 404 Å². The Morgan fingerprint density at radius 1 is 0.667 bits per heavy atom. The first kappa shape index (κ1) is 43.3. The van der Waals surface area contributed by atoms with Crippen molar-refractivity contribution in [2.75, 3.05) is 0 Å². The lowest BCUT2D eigenvalue weighted by Crippen LogP contribution is -2.23. The number of hydrogen-bond donors (Lipinski definition) is 3. The Balaban J connectivity index is 0.918. The predicted molar refractivity (Wildman–Crippen MR) is 275 cm³/mol. The number of carbonyl (C=O) groups is 2. The van der Waals surface area contributed by atoms with Gasteiger partial charge in [0.1, 0.15) is 22.8 Å². The number of aromatic carboxylic acids is 1. The molecule has 69 heavy (non-hydrogen) atoms. The van der Waals surface area contributed by atoms with Gasteiger partial charge >= 0.3 is 5.97 Å². The number of nitrogens with one attached hydrogen (secondary N) is 1. The van der Waals surface area contributed by atoms with Crippen molar-refractivity contribution in [3.63, 3.8) is 0 Å². The highest BCUT2D eigenvalue weighted by molar-refractivity contribution is 7.16. The molecule has 4 heterocycles. The summed E-state index contributed by atoms with van der Waals surface area (Å²) in [5, 5.41) is 33.8. The molecule has 0 unspecified atom stereocenters. The quantitative estimate of drug-likeness (QED) is 0.115. The second-order valence-electron chi connectivity index (χ2n) is 17.2. The van der Waals surface area contributed by atoms with Crippen LogP contribution in [-0.2, 0) is 13.0 Å². The van der Waals surface area contributed by atoms with Gasteiger partial charge in [-0.25, -0.2) is 4.79 Å². The van der Waals surface area contributed by atoms with E-state index in [1.165, 1.54) is 83.2 Å². The molecule has 0 saturated carbocycles. The van der Waals surface area contributed by atoms with Crippen molar-refractivity contribution in [1.29, 1.82) is 0 Å². The second-order valence-corrected chi connectivity index (χ2v) is 19.7. The van der Waals surface area contributed by atoms with Crippen LogP contribution in [0.4, 0.5) is 0 Å². The maximum absolute atomic E-state index is 13.7. The highest BCUT2D eigenvalue weighted by Crippen LogP contribution is 2.51. The fourth-order valence-corrected chi connectivity index (χ4v) is 11.6. The lowest BCUT2D eigenvalue weighted by Gasteiger charge is -2.17. The van der Waals surface area contributed by atoms with E-state index in [4.69, 9.17) is 14.6 Å². The molecule has 336 valence electrons. The first-order valence-electron chi connectivity index (χ1n) is 22.4. The number of amides is 1. The van der Waals surface area contributed by atoms with Crippen molar-refractivity contribution in [1.82, 2.24) is 15.5 Å². The number of aromatic hydroxyl groups is 1. The molecule has 0 bridgehead atoms. The number of hydrogen-bond acceptors (Lipinski definition) is 9. The number of nitrogens with zero attached hydrogens (tertiary/aromatic N) is 2. The zero-order chi connectivity index (χ0) is 47.5. The van der Waals surface area contributed by atoms with Crippen molar-refractivity contribution in [2.45, 2.75) is 33.7 Å². The van der Waals surface area contributed by atoms with Gasteiger partial charge in [0.2, 0.25) is 0 Å². The highest BCUT2D eigenvalue weighted by atomic mass is 32.1. The minimum absolute atomic E-state index is 0.0491. The van der Waals surface area contributed by atoms with Gasteiger partial charge in [-0.2, -0.15) is 5.10 Å². The topological polar surface area (TPSA) is 143 Å². The van der Waals surface area contributed by atoms with Crippen LogP contribution in [0, 0.1) is 20.8 Å². The van der Waals surface area contributed by atoms with Crippen molar-refractivity contribution in [3.8, 4) is 60.3 Å². The van der Waals surface area contributed by atoms with Crippen molar-refractivity contribution in [3.05, 3.63) is 216 Å². The van der Waals surface area contributed by atoms with Gasteiger partial charge in [-0.3, -0.25) is 9.59 Å². The molecule has 8 aromatic rings. The fourth-order valence-electron chi connectivity index (χ4n) is 9.49. The van der Waals surface area contributed by atoms with Gasteiger partial charge in [-0.05, 0) is 119 Å². The van der Waals surface area contributed by atoms with Crippen LogP contribution in [0.2, 0.25) is 0 Å². The largest absolute Gasteiger partial charge is 0.508 e. The molecule has 0 fully saturated rings. The van der Waals surface area contributed by atoms with Gasteiger partial charge in [0.25, 0.3) is 5.91 Å². The minimum atomic E-state index is -1.24. The monoisotopic (exact) mass is 939 g/mol. The summed E-state index contributed by atoms with van der Waals surface area (Å²) in [4.78, 5) is 43.8. The zero-order valence-electron chi connectivity index (χ0n) is 37.6. The SMILES string of the molecule is Cc1nnc(-c2ccc(CNC(=O)c3ccc(-c4c5ccc(=O)cc-5oc5cc(O)ccc45)c(C(=O)O)c3)cc2)c2c1CC(c1cc(-c3ccccc3)sc1C)=C2c1cc(-c2ccccc2)sc1C. The molecule has 3 N–H and O–H groups in total. The summed E-state index contributed by atoms with van der Waals surface area (Å²) in [5.74, 6) is -1.50. The van der Waals surface area contributed by atoms with Gasteiger partial charge in [-0.1, -0.05) is 91.0 Å². The number of carbonyl (C=O) groups excluding carboxylic acids is 1. The van der Waals surface area contributed by atoms with Crippen LogP contribution in [0.25, 0.3) is 76.7 Å². The summed E-state index contributed by atoms with van der Waals surface area (Å²) in [7, 11) is 0. The molecule has 1 aliphatic heterocycles. The normalized spacial score (nSPS) is 12.2. The number of aryl methyl sites for hydroxylation is 3. The Kier molecular flexibility index (Phi) is 11.0. The smallest absolute Gasteiger partial charge is 0.336 e. The molecule has 2 aliphatic carbocycles. The van der Waals surface area contributed by atoms with E-state index in [9.17, 15) is 24.6 Å². The first-order valence-corrected chi connectivity index (χ1v) is 24.0. The van der Waals surface area contributed by atoms with Gasteiger partial charge in [-0.15, -0.1) is 27.8 Å². The molecule has 0 spiro atoms. The van der Waals surface area contributed by atoms with Crippen LogP contribution in [0.3, 0.4) is 0 Å². The lowest BCUT2D eigenvalue weighted by molar-refractivity contribution is 0.0697. The van der Waals surface area contributed by atoms with E-state index in [0.29, 0.717) is 22.1 Å². The predicted octanol–water partition coefficient (Wildman–Crippen LogP) is 13.3. The number of phenolic OH excluding ortho intramolecular Hbond substituents is 1. The van der Waals surface area contributed by atoms with Crippen LogP contribution in [-0.4, -0.2) is 32.3 Å². The third kappa shape index (κ3) is 7.91. The van der Waals surface area contributed by atoms with Crippen LogP contribution in [0.15, 0.2) is 161 Å². The number of rotatable bonds is 10. The van der Waals surface area contributed by atoms with E-state index < -0.39 is 11.9 Å². The summed E-state index contributed by atoms with van der Waals surface area (Å²) in [5.41, 5.74) is 14.3. The number of fused-ring (bicyclic) bond motifs is 3. The van der Waals surface area contributed by atoms with E-state index in [-0.39, 0.29) is 40.2 Å². The second kappa shape index (κ2) is 17.4. The summed E-state index contributed by atoms with van der Waals surface area (Å²) in [6, 6.07) is 47.0. The Morgan fingerprint density at radius 3 is 2.03 bits per heavy atom. The van der Waals surface area contributed by atoms with E-state index in [1.807, 2.05) is 54.7 Å². The molecule has 0 radical (unpaired) electrons. The molecule has 3 aliphatic rings. The van der Waals surface area contributed by atoms with Crippen molar-refractivity contribution in [2.24, 2.45) is 0 Å². The van der Waals surface area contributed by atoms with E-state index in [0.717, 1.165) is 40.1 Å². The van der Waals surface area contributed by atoms with E-state index in [1.54, 1.807) is 35.6 Å². The number of carboxylic acids is 1. The average Bonchev–Trinajstić information content (AvgIpc) is 4.07. The van der Waals surface area contributed by atoms with Gasteiger partial charge in [0.15, 0.2) is 5.43 Å². The van der Waals surface area contributed by atoms with Gasteiger partial charge in [0, 0.05) is 77.8 Å².